The Morgan fingerprint density at radius 2 is 2.31 bits per heavy atom. The van der Waals surface area contributed by atoms with E-state index in [9.17, 15) is 4.39 Å². The largest absolute Gasteiger partial charge is 0.206 e. The summed E-state index contributed by atoms with van der Waals surface area (Å²) in [5.41, 5.74) is 0. The number of thioether (sulfide) groups is 1. The minimum absolute atomic E-state index is 0.181. The lowest BCUT2D eigenvalue weighted by Gasteiger charge is -2.02. The highest BCUT2D eigenvalue weighted by molar-refractivity contribution is 9.10. The van der Waals surface area contributed by atoms with Crippen molar-refractivity contribution < 1.29 is 4.39 Å². The molecule has 0 saturated carbocycles. The van der Waals surface area contributed by atoms with Gasteiger partial charge in [0.15, 0.2) is 0 Å². The van der Waals surface area contributed by atoms with Crippen LogP contribution >= 0.6 is 39.0 Å². The zero-order chi connectivity index (χ0) is 9.42. The van der Waals surface area contributed by atoms with E-state index < -0.39 is 0 Å². The molecule has 1 aromatic heterocycles. The molecule has 0 N–H and O–H groups in total. The fraction of sp³-hybridized carbons (Fsp3) is 0.111. The Hall–Kier alpha value is -0.0600. The van der Waals surface area contributed by atoms with Gasteiger partial charge in [0.05, 0.1) is 9.17 Å². The van der Waals surface area contributed by atoms with Gasteiger partial charge in [0.2, 0.25) is 0 Å². The van der Waals surface area contributed by atoms with Crippen molar-refractivity contribution in [1.29, 1.82) is 0 Å². The van der Waals surface area contributed by atoms with Crippen molar-refractivity contribution in [1.82, 2.24) is 0 Å². The van der Waals surface area contributed by atoms with Gasteiger partial charge in [0.1, 0.15) is 5.82 Å². The molecule has 0 amide bonds. The van der Waals surface area contributed by atoms with Gasteiger partial charge in [0.25, 0.3) is 0 Å². The predicted molar refractivity (Wildman–Crippen MR) is 61.3 cm³/mol. The fourth-order valence-electron chi connectivity index (χ4n) is 1.21. The summed E-state index contributed by atoms with van der Waals surface area (Å²) in [6.07, 6.45) is 1.96. The summed E-state index contributed by atoms with van der Waals surface area (Å²) in [6.45, 7) is 0. The molecule has 0 fully saturated rings. The Morgan fingerprint density at radius 1 is 1.54 bits per heavy atom. The minimum atomic E-state index is -0.181. The van der Waals surface area contributed by atoms with Crippen LogP contribution in [0.25, 0.3) is 10.1 Å². The van der Waals surface area contributed by atoms with E-state index in [1.807, 2.05) is 17.7 Å². The monoisotopic (exact) mass is 276 g/mol. The molecule has 0 nitrogen and oxygen atoms in total. The molecule has 4 heteroatoms. The van der Waals surface area contributed by atoms with Crippen LogP contribution in [0.1, 0.15) is 0 Å². The first-order chi connectivity index (χ1) is 6.24. The molecule has 0 spiro atoms. The van der Waals surface area contributed by atoms with Gasteiger partial charge in [-0.05, 0) is 39.7 Å². The molecule has 0 unspecified atom stereocenters. The smallest absolute Gasteiger partial charge is 0.139 e. The zero-order valence-electron chi connectivity index (χ0n) is 6.80. The van der Waals surface area contributed by atoms with E-state index in [0.717, 1.165) is 15.0 Å². The Kier molecular flexibility index (Phi) is 2.62. The van der Waals surface area contributed by atoms with Crippen LogP contribution in [-0.4, -0.2) is 6.26 Å². The molecular weight excluding hydrogens is 271 g/mol. The van der Waals surface area contributed by atoms with Gasteiger partial charge < -0.3 is 0 Å². The van der Waals surface area contributed by atoms with E-state index in [4.69, 9.17) is 0 Å². The lowest BCUT2D eigenvalue weighted by Crippen LogP contribution is -1.80. The molecule has 2 aromatic rings. The summed E-state index contributed by atoms with van der Waals surface area (Å²) >= 11 is 6.38. The first-order valence-electron chi connectivity index (χ1n) is 3.63. The number of hydrogen-bond donors (Lipinski definition) is 0. The Balaban J connectivity index is 2.87. The first kappa shape index (κ1) is 9.49. The van der Waals surface area contributed by atoms with Crippen molar-refractivity contribution in [3.63, 3.8) is 0 Å². The number of hydrogen-bond acceptors (Lipinski definition) is 2. The first-order valence-corrected chi connectivity index (χ1v) is 6.53. The van der Waals surface area contributed by atoms with Crippen molar-refractivity contribution in [3.8, 4) is 0 Å². The minimum Gasteiger partial charge on any atom is -0.206 e. The van der Waals surface area contributed by atoms with Crippen LogP contribution < -0.4 is 0 Å². The van der Waals surface area contributed by atoms with Crippen LogP contribution in [-0.2, 0) is 0 Å². The normalized spacial score (nSPS) is 11.0. The molecular formula is C9H6BrFS2. The van der Waals surface area contributed by atoms with Gasteiger partial charge in [-0.3, -0.25) is 0 Å². The van der Waals surface area contributed by atoms with Gasteiger partial charge >= 0.3 is 0 Å². The Bertz CT molecular complexity index is 450. The maximum absolute atomic E-state index is 13.3. The maximum Gasteiger partial charge on any atom is 0.139 e. The molecule has 1 heterocycles. The highest BCUT2D eigenvalue weighted by atomic mass is 79.9. The number of fused-ring (bicyclic) bond motifs is 1. The second-order valence-corrected chi connectivity index (χ2v) is 5.10. The molecule has 0 aliphatic carbocycles. The summed E-state index contributed by atoms with van der Waals surface area (Å²) in [4.78, 5) is 0.997. The lowest BCUT2D eigenvalue weighted by molar-refractivity contribution is 0.620. The van der Waals surface area contributed by atoms with E-state index in [1.165, 1.54) is 0 Å². The summed E-state index contributed by atoms with van der Waals surface area (Å²) in [6, 6.07) is 3.60. The van der Waals surface area contributed by atoms with Crippen LogP contribution in [0.5, 0.6) is 0 Å². The third-order valence-electron chi connectivity index (χ3n) is 1.82. The quantitative estimate of drug-likeness (QED) is 0.690. The molecule has 0 saturated heterocycles. The van der Waals surface area contributed by atoms with Gasteiger partial charge in [0, 0.05) is 10.3 Å². The van der Waals surface area contributed by atoms with Gasteiger partial charge in [-0.15, -0.1) is 23.1 Å². The number of benzene rings is 1. The number of rotatable bonds is 1. The van der Waals surface area contributed by atoms with E-state index in [2.05, 4.69) is 15.9 Å². The molecule has 0 aliphatic heterocycles. The van der Waals surface area contributed by atoms with Crippen molar-refractivity contribution in [3.05, 3.63) is 27.8 Å². The summed E-state index contributed by atoms with van der Waals surface area (Å²) in [5, 5.41) is 3.11. The third-order valence-corrected chi connectivity index (χ3v) is 4.56. The second-order valence-electron chi connectivity index (χ2n) is 2.54. The lowest BCUT2D eigenvalue weighted by atomic mass is 10.2. The van der Waals surface area contributed by atoms with E-state index >= 15 is 0 Å². The average molecular weight is 277 g/mol. The zero-order valence-corrected chi connectivity index (χ0v) is 10.0. The molecule has 68 valence electrons. The molecule has 0 atom stereocenters. The molecule has 1 aromatic carbocycles. The topological polar surface area (TPSA) is 0 Å². The van der Waals surface area contributed by atoms with Crippen LogP contribution in [0.4, 0.5) is 4.39 Å². The Labute approximate surface area is 92.3 Å². The SMILES string of the molecule is CSc1cc(F)c(Br)c2sccc12. The highest BCUT2D eigenvalue weighted by Crippen LogP contribution is 2.37. The average Bonchev–Trinajstić information content (AvgIpc) is 2.60. The van der Waals surface area contributed by atoms with Gasteiger partial charge in [-0.2, -0.15) is 0 Å². The standard InChI is InChI=1S/C9H6BrFS2/c1-12-7-4-6(11)8(10)9-5(7)2-3-13-9/h2-4H,1H3. The highest BCUT2D eigenvalue weighted by Gasteiger charge is 2.10. The molecule has 0 aliphatic rings. The van der Waals surface area contributed by atoms with E-state index in [0.29, 0.717) is 4.47 Å². The number of thiophene rings is 1. The number of halogens is 2. The van der Waals surface area contributed by atoms with Gasteiger partial charge in [-0.25, -0.2) is 4.39 Å². The molecule has 2 rings (SSSR count). The predicted octanol–water partition coefficient (Wildman–Crippen LogP) is 4.52. The third kappa shape index (κ3) is 1.51. The summed E-state index contributed by atoms with van der Waals surface area (Å²) < 4.78 is 14.9. The van der Waals surface area contributed by atoms with E-state index in [-0.39, 0.29) is 5.82 Å². The van der Waals surface area contributed by atoms with Crippen molar-refractivity contribution in [2.24, 2.45) is 0 Å². The van der Waals surface area contributed by atoms with E-state index in [1.54, 1.807) is 29.2 Å². The Morgan fingerprint density at radius 3 is 3.00 bits per heavy atom. The molecule has 13 heavy (non-hydrogen) atoms. The van der Waals surface area contributed by atoms with Crippen LogP contribution in [0.3, 0.4) is 0 Å². The van der Waals surface area contributed by atoms with Crippen molar-refractivity contribution in [2.45, 2.75) is 4.90 Å². The molecule has 0 bridgehead atoms. The van der Waals surface area contributed by atoms with Crippen LogP contribution in [0, 0.1) is 5.82 Å². The fourth-order valence-corrected chi connectivity index (χ4v) is 3.34. The molecule has 0 radical (unpaired) electrons. The van der Waals surface area contributed by atoms with Crippen LogP contribution in [0.15, 0.2) is 26.9 Å². The maximum atomic E-state index is 13.3. The summed E-state index contributed by atoms with van der Waals surface area (Å²) in [5.74, 6) is -0.181. The van der Waals surface area contributed by atoms with Crippen molar-refractivity contribution in [2.75, 3.05) is 6.26 Å². The second kappa shape index (κ2) is 3.59. The van der Waals surface area contributed by atoms with Gasteiger partial charge in [-0.1, -0.05) is 0 Å². The van der Waals surface area contributed by atoms with Crippen molar-refractivity contribution >= 4 is 49.1 Å². The summed E-state index contributed by atoms with van der Waals surface area (Å²) in [7, 11) is 0. The van der Waals surface area contributed by atoms with Crippen LogP contribution in [0.2, 0.25) is 0 Å².